The molecule has 1 atom stereocenters. The van der Waals surface area contributed by atoms with E-state index in [0.29, 0.717) is 29.9 Å². The lowest BCUT2D eigenvalue weighted by atomic mass is 10.3. The molecule has 9 nitrogen and oxygen atoms in total. The zero-order valence-corrected chi connectivity index (χ0v) is 16.9. The van der Waals surface area contributed by atoms with Crippen LogP contribution in [-0.4, -0.2) is 64.4 Å². The number of hydrogen-bond donors (Lipinski definition) is 1. The molecule has 0 aromatic carbocycles. The molecule has 4 rings (SSSR count). The van der Waals surface area contributed by atoms with Crippen LogP contribution >= 0.6 is 0 Å². The van der Waals surface area contributed by atoms with Crippen molar-refractivity contribution in [3.8, 4) is 0 Å². The van der Waals surface area contributed by atoms with Crippen LogP contribution in [0.3, 0.4) is 0 Å². The maximum atomic E-state index is 13.0. The van der Waals surface area contributed by atoms with Crippen molar-refractivity contribution >= 4 is 22.5 Å². The van der Waals surface area contributed by atoms with Gasteiger partial charge in [0, 0.05) is 38.2 Å². The molecule has 3 aromatic heterocycles. The van der Waals surface area contributed by atoms with Gasteiger partial charge in [-0.1, -0.05) is 6.92 Å². The molecule has 1 N–H and O–H groups in total. The quantitative estimate of drug-likeness (QED) is 0.598. The summed E-state index contributed by atoms with van der Waals surface area (Å²) in [7, 11) is 0. The van der Waals surface area contributed by atoms with Gasteiger partial charge in [0.1, 0.15) is 17.4 Å². The zero-order valence-electron chi connectivity index (χ0n) is 16.9. The van der Waals surface area contributed by atoms with Crippen molar-refractivity contribution in [2.24, 2.45) is 0 Å². The van der Waals surface area contributed by atoms with Crippen LogP contribution in [0.5, 0.6) is 0 Å². The maximum Gasteiger partial charge on any atom is 0.291 e. The van der Waals surface area contributed by atoms with Gasteiger partial charge in [0.05, 0.1) is 25.0 Å². The molecule has 0 unspecified atom stereocenters. The van der Waals surface area contributed by atoms with E-state index in [-0.39, 0.29) is 11.5 Å². The number of nitrogens with one attached hydrogen (secondary N) is 1. The Bertz CT molecular complexity index is 1060. The van der Waals surface area contributed by atoms with Crippen molar-refractivity contribution < 1.29 is 13.9 Å². The molecule has 1 aliphatic heterocycles. The maximum absolute atomic E-state index is 13.0. The van der Waals surface area contributed by atoms with Crippen LogP contribution < -0.4 is 10.9 Å². The summed E-state index contributed by atoms with van der Waals surface area (Å²) in [6, 6.07) is 2.84. The lowest BCUT2D eigenvalue weighted by Gasteiger charge is -2.26. The highest BCUT2D eigenvalue weighted by Gasteiger charge is 2.22. The fraction of sp³-hybridized carbons (Fsp3) is 0.550. The van der Waals surface area contributed by atoms with Gasteiger partial charge in [0.2, 0.25) is 5.91 Å². The number of carbonyl (C=O) groups is 1. The molecule has 4 heterocycles. The first kappa shape index (κ1) is 19.7. The Morgan fingerprint density at radius 3 is 2.86 bits per heavy atom. The van der Waals surface area contributed by atoms with Crippen molar-refractivity contribution in [2.45, 2.75) is 32.7 Å². The lowest BCUT2D eigenvalue weighted by molar-refractivity contribution is -0.124. The average Bonchev–Trinajstić information content (AvgIpc) is 3.34. The second kappa shape index (κ2) is 8.38. The molecule has 0 aliphatic carbocycles. The number of ether oxygens (including phenoxy) is 1. The zero-order chi connectivity index (χ0) is 20.4. The molecule has 1 aliphatic rings. The predicted molar refractivity (Wildman–Crippen MR) is 108 cm³/mol. The summed E-state index contributed by atoms with van der Waals surface area (Å²) in [5.41, 5.74) is 1.62. The average molecular weight is 401 g/mol. The summed E-state index contributed by atoms with van der Waals surface area (Å²) in [4.78, 5) is 27.9. The molecule has 0 bridgehead atoms. The van der Waals surface area contributed by atoms with Gasteiger partial charge in [-0.25, -0.2) is 4.68 Å². The second-order valence-electron chi connectivity index (χ2n) is 7.33. The van der Waals surface area contributed by atoms with E-state index in [4.69, 9.17) is 9.15 Å². The highest BCUT2D eigenvalue weighted by molar-refractivity contribution is 5.83. The normalized spacial score (nSPS) is 16.5. The summed E-state index contributed by atoms with van der Waals surface area (Å²) >= 11 is 0. The molecule has 29 heavy (non-hydrogen) atoms. The van der Waals surface area contributed by atoms with Crippen molar-refractivity contribution in [1.29, 1.82) is 0 Å². The minimum atomic E-state index is -0.692. The topological polar surface area (TPSA) is 94.0 Å². The molecule has 0 saturated carbocycles. The number of rotatable bonds is 7. The molecule has 9 heteroatoms. The number of nitrogens with zero attached hydrogens (tertiary/aromatic N) is 4. The highest BCUT2D eigenvalue weighted by Crippen LogP contribution is 2.21. The molecule has 0 spiro atoms. The summed E-state index contributed by atoms with van der Waals surface area (Å²) in [5.74, 6) is 0.506. The Kier molecular flexibility index (Phi) is 5.68. The highest BCUT2D eigenvalue weighted by atomic mass is 16.5. The molecule has 1 amide bonds. The number of amides is 1. The van der Waals surface area contributed by atoms with Gasteiger partial charge in [-0.3, -0.25) is 18.9 Å². The Morgan fingerprint density at radius 2 is 2.10 bits per heavy atom. The largest absolute Gasteiger partial charge is 0.463 e. The van der Waals surface area contributed by atoms with E-state index in [2.05, 4.69) is 15.3 Å². The summed E-state index contributed by atoms with van der Waals surface area (Å²) in [6.07, 6.45) is 3.07. The van der Waals surface area contributed by atoms with Crippen molar-refractivity contribution in [3.05, 3.63) is 34.6 Å². The fourth-order valence-electron chi connectivity index (χ4n) is 3.78. The fourth-order valence-corrected chi connectivity index (χ4v) is 3.78. The van der Waals surface area contributed by atoms with Crippen LogP contribution in [0.1, 0.15) is 32.1 Å². The lowest BCUT2D eigenvalue weighted by Crippen LogP contribution is -2.40. The minimum absolute atomic E-state index is 0.205. The molecular weight excluding hydrogens is 374 g/mol. The summed E-state index contributed by atoms with van der Waals surface area (Å²) < 4.78 is 13.9. The van der Waals surface area contributed by atoms with Gasteiger partial charge in [0.15, 0.2) is 5.58 Å². The van der Waals surface area contributed by atoms with E-state index in [1.165, 1.54) is 4.68 Å². The smallest absolute Gasteiger partial charge is 0.291 e. The van der Waals surface area contributed by atoms with E-state index >= 15 is 0 Å². The van der Waals surface area contributed by atoms with E-state index in [9.17, 15) is 9.59 Å². The van der Waals surface area contributed by atoms with Gasteiger partial charge in [-0.15, -0.1) is 0 Å². The van der Waals surface area contributed by atoms with Crippen molar-refractivity contribution in [1.82, 2.24) is 24.4 Å². The number of aromatic nitrogens is 3. The Balaban J connectivity index is 1.47. The monoisotopic (exact) mass is 401 g/mol. The number of hydrogen-bond acceptors (Lipinski definition) is 6. The Labute approximate surface area is 168 Å². The van der Waals surface area contributed by atoms with Gasteiger partial charge in [-0.2, -0.15) is 5.10 Å². The standard InChI is InChI=1S/C20H27N5O4/c1-3-18-22-25(20(27)16-13-17-15(24(16)18)5-10-29-17)14(2)19(26)21-6-4-7-23-8-11-28-12-9-23/h5,10,13-14H,3-4,6-9,11-12H2,1-2H3,(H,21,26)/t14-/m0/s1. The van der Waals surface area contributed by atoms with Gasteiger partial charge in [0.25, 0.3) is 5.56 Å². The van der Waals surface area contributed by atoms with E-state index in [1.54, 1.807) is 19.3 Å². The third kappa shape index (κ3) is 3.79. The van der Waals surface area contributed by atoms with Gasteiger partial charge in [-0.05, 0) is 19.9 Å². The number of morpholine rings is 1. The van der Waals surface area contributed by atoms with Crippen LogP contribution in [0.4, 0.5) is 0 Å². The van der Waals surface area contributed by atoms with Gasteiger partial charge < -0.3 is 14.5 Å². The first-order chi connectivity index (χ1) is 14.1. The van der Waals surface area contributed by atoms with Crippen LogP contribution in [0.25, 0.3) is 16.6 Å². The van der Waals surface area contributed by atoms with Crippen molar-refractivity contribution in [3.63, 3.8) is 0 Å². The van der Waals surface area contributed by atoms with Crippen LogP contribution in [-0.2, 0) is 16.0 Å². The first-order valence-electron chi connectivity index (χ1n) is 10.2. The van der Waals surface area contributed by atoms with E-state index in [1.807, 2.05) is 17.4 Å². The summed E-state index contributed by atoms with van der Waals surface area (Å²) in [6.45, 7) is 8.57. The number of aryl methyl sites for hydroxylation is 1. The minimum Gasteiger partial charge on any atom is -0.463 e. The van der Waals surface area contributed by atoms with E-state index < -0.39 is 6.04 Å². The predicted octanol–water partition coefficient (Wildman–Crippen LogP) is 1.20. The molecule has 1 saturated heterocycles. The first-order valence-corrected chi connectivity index (χ1v) is 10.2. The number of furan rings is 1. The number of carbonyl (C=O) groups excluding carboxylic acids is 1. The molecule has 156 valence electrons. The van der Waals surface area contributed by atoms with Crippen LogP contribution in [0.2, 0.25) is 0 Å². The number of fused-ring (bicyclic) bond motifs is 3. The molecule has 1 fully saturated rings. The summed E-state index contributed by atoms with van der Waals surface area (Å²) in [5, 5.41) is 7.42. The van der Waals surface area contributed by atoms with E-state index in [0.717, 1.165) is 44.8 Å². The third-order valence-corrected chi connectivity index (χ3v) is 5.45. The van der Waals surface area contributed by atoms with Crippen LogP contribution in [0, 0.1) is 0 Å². The van der Waals surface area contributed by atoms with Gasteiger partial charge >= 0.3 is 0 Å². The van der Waals surface area contributed by atoms with Crippen LogP contribution in [0.15, 0.2) is 27.6 Å². The Morgan fingerprint density at radius 1 is 1.31 bits per heavy atom. The molecular formula is C20H27N5O4. The SMILES string of the molecule is CCc1nn([C@@H](C)C(=O)NCCCN2CCOCC2)c(=O)c2cc3occc3n12. The molecule has 3 aromatic rings. The third-order valence-electron chi connectivity index (χ3n) is 5.45. The second-order valence-corrected chi connectivity index (χ2v) is 7.33. The molecule has 0 radical (unpaired) electrons. The van der Waals surface area contributed by atoms with Crippen molar-refractivity contribution in [2.75, 3.05) is 39.4 Å². The Hall–Kier alpha value is -2.65.